The van der Waals surface area contributed by atoms with Gasteiger partial charge in [0.05, 0.1) is 11.0 Å². The van der Waals surface area contributed by atoms with Crippen molar-refractivity contribution in [1.82, 2.24) is 4.57 Å². The van der Waals surface area contributed by atoms with Crippen LogP contribution in [0.5, 0.6) is 0 Å². The molecule has 0 saturated heterocycles. The molecule has 0 radical (unpaired) electrons. The van der Waals surface area contributed by atoms with E-state index < -0.39 is 0 Å². The largest absolute Gasteiger partial charge is 0.310 e. The van der Waals surface area contributed by atoms with Crippen molar-refractivity contribution in [3.05, 3.63) is 248 Å². The number of hydrogen-bond acceptors (Lipinski definition) is 1. The summed E-state index contributed by atoms with van der Waals surface area (Å²) in [4.78, 5) is 2.40. The monoisotopic (exact) mass is 816 g/mol. The molecule has 0 spiro atoms. The van der Waals surface area contributed by atoms with E-state index in [4.69, 9.17) is 0 Å². The fourth-order valence-corrected chi connectivity index (χ4v) is 9.92. The second-order valence-corrected chi connectivity index (χ2v) is 16.8. The van der Waals surface area contributed by atoms with Crippen LogP contribution in [-0.2, 0) is 6.42 Å². The van der Waals surface area contributed by atoms with Crippen molar-refractivity contribution in [2.24, 2.45) is 0 Å². The molecule has 0 bridgehead atoms. The molecule has 12 rings (SSSR count). The highest BCUT2D eigenvalue weighted by molar-refractivity contribution is 6.18. The minimum atomic E-state index is 1.03. The second kappa shape index (κ2) is 15.9. The SMILES string of the molecule is C1=Cc2ccc3c(c2CC1)c1c(-c2cccc(N(c4ccc(-c5ccc(-c6ccccc6)cc5)cc4)c4ccc(-c5ccc6ccccc6c5)cc4)c2)cccc1n3-c1ccccc1. The maximum absolute atomic E-state index is 2.46. The maximum atomic E-state index is 2.46. The molecule has 302 valence electrons. The Labute approximate surface area is 374 Å². The zero-order valence-electron chi connectivity index (χ0n) is 35.4. The number of nitrogens with zero attached hydrogens (tertiary/aromatic N) is 2. The molecule has 0 N–H and O–H groups in total. The molecule has 1 aromatic heterocycles. The summed E-state index contributed by atoms with van der Waals surface area (Å²) in [6.07, 6.45) is 6.70. The molecule has 0 unspecified atom stereocenters. The lowest BCUT2D eigenvalue weighted by Gasteiger charge is -2.26. The van der Waals surface area contributed by atoms with E-state index >= 15 is 0 Å². The Morgan fingerprint density at radius 3 is 1.64 bits per heavy atom. The van der Waals surface area contributed by atoms with E-state index in [2.05, 4.69) is 252 Å². The molecule has 0 amide bonds. The summed E-state index contributed by atoms with van der Waals surface area (Å²) < 4.78 is 2.46. The Morgan fingerprint density at radius 1 is 0.359 bits per heavy atom. The first kappa shape index (κ1) is 37.6. The van der Waals surface area contributed by atoms with Crippen LogP contribution in [0, 0.1) is 0 Å². The van der Waals surface area contributed by atoms with Crippen LogP contribution < -0.4 is 4.90 Å². The minimum Gasteiger partial charge on any atom is -0.310 e. The highest BCUT2D eigenvalue weighted by Crippen LogP contribution is 2.44. The van der Waals surface area contributed by atoms with Gasteiger partial charge in [0.1, 0.15) is 0 Å². The molecule has 0 fully saturated rings. The summed E-state index contributed by atoms with van der Waals surface area (Å²) in [5.74, 6) is 0. The average molecular weight is 817 g/mol. The van der Waals surface area contributed by atoms with E-state index in [0.29, 0.717) is 0 Å². The molecule has 0 saturated carbocycles. The molecule has 2 heteroatoms. The number of aryl methyl sites for hydroxylation is 1. The predicted octanol–water partition coefficient (Wildman–Crippen LogP) is 17.0. The average Bonchev–Trinajstić information content (AvgIpc) is 3.73. The molecule has 10 aromatic carbocycles. The van der Waals surface area contributed by atoms with E-state index in [1.807, 2.05) is 0 Å². The van der Waals surface area contributed by atoms with Gasteiger partial charge in [-0.3, -0.25) is 0 Å². The minimum absolute atomic E-state index is 1.03. The van der Waals surface area contributed by atoms with Gasteiger partial charge in [0.25, 0.3) is 0 Å². The number of para-hydroxylation sites is 1. The lowest BCUT2D eigenvalue weighted by molar-refractivity contribution is 0.997. The zero-order chi connectivity index (χ0) is 42.4. The van der Waals surface area contributed by atoms with Crippen LogP contribution >= 0.6 is 0 Å². The molecule has 1 aliphatic rings. The number of rotatable bonds is 8. The topological polar surface area (TPSA) is 8.17 Å². The highest BCUT2D eigenvalue weighted by atomic mass is 15.1. The quantitative estimate of drug-likeness (QED) is 0.148. The Balaban J connectivity index is 0.986. The zero-order valence-corrected chi connectivity index (χ0v) is 35.4. The number of allylic oxidation sites excluding steroid dienone is 1. The number of anilines is 3. The number of benzene rings is 10. The van der Waals surface area contributed by atoms with Crippen molar-refractivity contribution in [2.75, 3.05) is 4.90 Å². The summed E-state index contributed by atoms with van der Waals surface area (Å²) in [6, 6.07) is 84.3. The molecule has 2 nitrogen and oxygen atoms in total. The van der Waals surface area contributed by atoms with Crippen molar-refractivity contribution in [2.45, 2.75) is 12.8 Å². The summed E-state index contributed by atoms with van der Waals surface area (Å²) in [5.41, 5.74) is 19.4. The third-order valence-electron chi connectivity index (χ3n) is 13.0. The second-order valence-electron chi connectivity index (χ2n) is 16.8. The Morgan fingerprint density at radius 2 is 0.922 bits per heavy atom. The molecule has 1 heterocycles. The Kier molecular flexibility index (Phi) is 9.34. The van der Waals surface area contributed by atoms with E-state index in [9.17, 15) is 0 Å². The molecule has 64 heavy (non-hydrogen) atoms. The van der Waals surface area contributed by atoms with Crippen LogP contribution in [0.25, 0.3) is 88.8 Å². The number of aromatic nitrogens is 1. The van der Waals surface area contributed by atoms with Gasteiger partial charge in [-0.15, -0.1) is 0 Å². The van der Waals surface area contributed by atoms with Crippen LogP contribution in [0.3, 0.4) is 0 Å². The van der Waals surface area contributed by atoms with Crippen molar-refractivity contribution in [3.63, 3.8) is 0 Å². The summed E-state index contributed by atoms with van der Waals surface area (Å²) >= 11 is 0. The predicted molar refractivity (Wildman–Crippen MR) is 272 cm³/mol. The van der Waals surface area contributed by atoms with Gasteiger partial charge in [-0.25, -0.2) is 0 Å². The highest BCUT2D eigenvalue weighted by Gasteiger charge is 2.22. The maximum Gasteiger partial charge on any atom is 0.0547 e. The Bertz CT molecular complexity index is 3510. The lowest BCUT2D eigenvalue weighted by Crippen LogP contribution is -2.10. The van der Waals surface area contributed by atoms with E-state index in [0.717, 1.165) is 29.9 Å². The van der Waals surface area contributed by atoms with Gasteiger partial charge in [0.15, 0.2) is 0 Å². The van der Waals surface area contributed by atoms with Gasteiger partial charge in [0, 0.05) is 33.5 Å². The van der Waals surface area contributed by atoms with Crippen LogP contribution in [0.2, 0.25) is 0 Å². The Hall–Kier alpha value is -8.20. The van der Waals surface area contributed by atoms with Crippen molar-refractivity contribution >= 4 is 55.7 Å². The smallest absolute Gasteiger partial charge is 0.0547 e. The third-order valence-corrected chi connectivity index (χ3v) is 13.0. The van der Waals surface area contributed by atoms with Gasteiger partial charge in [-0.2, -0.15) is 0 Å². The summed E-state index contributed by atoms with van der Waals surface area (Å²) in [7, 11) is 0. The van der Waals surface area contributed by atoms with E-state index in [-0.39, 0.29) is 0 Å². The van der Waals surface area contributed by atoms with Crippen molar-refractivity contribution in [3.8, 4) is 50.2 Å². The fourth-order valence-electron chi connectivity index (χ4n) is 9.92. The number of fused-ring (bicyclic) bond motifs is 6. The molecule has 1 aliphatic carbocycles. The molecule has 11 aromatic rings. The molecular formula is C62H44N2. The first-order chi connectivity index (χ1) is 31.7. The number of hydrogen-bond donors (Lipinski definition) is 0. The molecular weight excluding hydrogens is 773 g/mol. The van der Waals surface area contributed by atoms with Gasteiger partial charge in [0.2, 0.25) is 0 Å². The van der Waals surface area contributed by atoms with Gasteiger partial charge < -0.3 is 9.47 Å². The molecule has 0 atom stereocenters. The van der Waals surface area contributed by atoms with Crippen LogP contribution in [0.1, 0.15) is 17.5 Å². The van der Waals surface area contributed by atoms with Crippen LogP contribution in [0.4, 0.5) is 17.1 Å². The van der Waals surface area contributed by atoms with Crippen LogP contribution in [0.15, 0.2) is 237 Å². The van der Waals surface area contributed by atoms with Crippen molar-refractivity contribution < 1.29 is 0 Å². The molecule has 0 aliphatic heterocycles. The summed E-state index contributed by atoms with van der Waals surface area (Å²) in [6.45, 7) is 0. The first-order valence-electron chi connectivity index (χ1n) is 22.3. The fraction of sp³-hybridized carbons (Fsp3) is 0.0323. The van der Waals surface area contributed by atoms with Crippen LogP contribution in [-0.4, -0.2) is 4.57 Å². The first-order valence-corrected chi connectivity index (χ1v) is 22.3. The third kappa shape index (κ3) is 6.68. The van der Waals surface area contributed by atoms with Gasteiger partial charge in [-0.1, -0.05) is 176 Å². The van der Waals surface area contributed by atoms with Gasteiger partial charge >= 0.3 is 0 Å². The summed E-state index contributed by atoms with van der Waals surface area (Å²) in [5, 5.41) is 5.16. The van der Waals surface area contributed by atoms with Crippen molar-refractivity contribution in [1.29, 1.82) is 0 Å². The van der Waals surface area contributed by atoms with E-state index in [1.54, 1.807) is 0 Å². The normalized spacial score (nSPS) is 12.2. The standard InChI is InChI=1S/C62H44N2/c1-3-13-43(14-4-1)45-25-27-46(28-26-45)47-31-36-54(37-32-47)63(55-38-33-48(34-39-55)51-30-29-44-15-7-8-17-50(44)41-51)56-21-11-18-52(42-56)58-23-12-24-59-62(58)61-57-22-10-9-16-49(57)35-40-60(61)64(59)53-19-5-2-6-20-53/h1-9,11-21,23-42H,10,22H2. The lowest BCUT2D eigenvalue weighted by atomic mass is 9.90. The van der Waals surface area contributed by atoms with E-state index in [1.165, 1.54) is 93.9 Å². The van der Waals surface area contributed by atoms with Gasteiger partial charge in [-0.05, 0) is 146 Å².